The lowest BCUT2D eigenvalue weighted by Crippen LogP contribution is -2.27. The standard InChI is InChI=1S/C20H16Cl2N2O6S/c1-28-3-2-4-29-16-7-15-10(5-12(16)21)13-6-14(25)11(20(26)27)8-24(13)19(30-15)17-18(22)23-9-31-17/h5-9,19H,2-4H2,1H3,(H,26,27)/t19-/m1/s1. The predicted molar refractivity (Wildman–Crippen MR) is 116 cm³/mol. The van der Waals surface area contributed by atoms with Crippen molar-refractivity contribution in [1.29, 1.82) is 0 Å². The van der Waals surface area contributed by atoms with E-state index in [4.69, 9.17) is 37.4 Å². The number of fused-ring (bicyclic) bond motifs is 3. The number of aromatic nitrogens is 2. The number of thiazole rings is 1. The van der Waals surface area contributed by atoms with Crippen molar-refractivity contribution in [3.8, 4) is 22.8 Å². The highest BCUT2D eigenvalue weighted by atomic mass is 35.5. The Morgan fingerprint density at radius 1 is 1.32 bits per heavy atom. The maximum absolute atomic E-state index is 12.4. The maximum Gasteiger partial charge on any atom is 0.341 e. The van der Waals surface area contributed by atoms with Gasteiger partial charge in [0.25, 0.3) is 0 Å². The zero-order valence-electron chi connectivity index (χ0n) is 16.1. The van der Waals surface area contributed by atoms with Crippen LogP contribution in [0.5, 0.6) is 11.5 Å². The number of benzene rings is 1. The minimum atomic E-state index is -1.34. The van der Waals surface area contributed by atoms with E-state index in [1.165, 1.54) is 23.6 Å². The molecule has 0 spiro atoms. The number of carbonyl (C=O) groups is 1. The van der Waals surface area contributed by atoms with Gasteiger partial charge in [-0.25, -0.2) is 9.78 Å². The lowest BCUT2D eigenvalue weighted by molar-refractivity contribution is 0.0693. The van der Waals surface area contributed by atoms with Crippen LogP contribution in [0.2, 0.25) is 10.2 Å². The Labute approximate surface area is 190 Å². The molecule has 3 aromatic rings. The summed E-state index contributed by atoms with van der Waals surface area (Å²) in [4.78, 5) is 28.5. The summed E-state index contributed by atoms with van der Waals surface area (Å²) in [6.07, 6.45) is 1.11. The van der Waals surface area contributed by atoms with Gasteiger partial charge in [-0.05, 0) is 6.07 Å². The van der Waals surface area contributed by atoms with Crippen LogP contribution in [-0.2, 0) is 4.74 Å². The second kappa shape index (κ2) is 8.88. The van der Waals surface area contributed by atoms with Crippen molar-refractivity contribution in [2.75, 3.05) is 20.3 Å². The first-order valence-corrected chi connectivity index (χ1v) is 10.7. The Morgan fingerprint density at radius 2 is 2.13 bits per heavy atom. The smallest absolute Gasteiger partial charge is 0.341 e. The zero-order chi connectivity index (χ0) is 22.1. The zero-order valence-corrected chi connectivity index (χ0v) is 18.5. The Kier molecular flexibility index (Phi) is 6.19. The van der Waals surface area contributed by atoms with Gasteiger partial charge in [-0.1, -0.05) is 23.2 Å². The van der Waals surface area contributed by atoms with E-state index < -0.39 is 17.6 Å². The van der Waals surface area contributed by atoms with Crippen molar-refractivity contribution in [2.45, 2.75) is 12.6 Å². The van der Waals surface area contributed by atoms with E-state index in [2.05, 4.69) is 4.98 Å². The fraction of sp³-hybridized carbons (Fsp3) is 0.250. The molecule has 0 saturated heterocycles. The van der Waals surface area contributed by atoms with E-state index in [0.29, 0.717) is 52.3 Å². The van der Waals surface area contributed by atoms with Gasteiger partial charge in [-0.3, -0.25) is 4.79 Å². The molecule has 162 valence electrons. The van der Waals surface area contributed by atoms with Crippen LogP contribution in [0.1, 0.15) is 27.9 Å². The highest BCUT2D eigenvalue weighted by molar-refractivity contribution is 7.10. The molecule has 1 aliphatic rings. The average Bonchev–Trinajstić information content (AvgIpc) is 3.16. The first kappa shape index (κ1) is 21.6. The molecule has 1 N–H and O–H groups in total. The molecule has 0 fully saturated rings. The Morgan fingerprint density at radius 3 is 2.81 bits per heavy atom. The van der Waals surface area contributed by atoms with Crippen molar-refractivity contribution in [3.05, 3.63) is 60.7 Å². The van der Waals surface area contributed by atoms with Gasteiger partial charge in [-0.2, -0.15) is 0 Å². The van der Waals surface area contributed by atoms with E-state index in [1.54, 1.807) is 29.3 Å². The first-order valence-electron chi connectivity index (χ1n) is 9.11. The number of aromatic carboxylic acids is 1. The summed E-state index contributed by atoms with van der Waals surface area (Å²) in [7, 11) is 1.61. The van der Waals surface area contributed by atoms with Gasteiger partial charge in [0.2, 0.25) is 6.23 Å². The molecule has 11 heteroatoms. The number of methoxy groups -OCH3 is 1. The lowest BCUT2D eigenvalue weighted by Gasteiger charge is -2.31. The molecule has 0 saturated carbocycles. The van der Waals surface area contributed by atoms with Crippen molar-refractivity contribution in [2.24, 2.45) is 0 Å². The Bertz CT molecular complexity index is 1210. The van der Waals surface area contributed by atoms with E-state index in [-0.39, 0.29) is 10.7 Å². The number of hydrogen-bond acceptors (Lipinski definition) is 7. The molecular weight excluding hydrogens is 467 g/mol. The van der Waals surface area contributed by atoms with E-state index in [1.807, 2.05) is 0 Å². The van der Waals surface area contributed by atoms with Crippen LogP contribution in [0.3, 0.4) is 0 Å². The van der Waals surface area contributed by atoms with E-state index >= 15 is 0 Å². The number of ether oxygens (including phenoxy) is 3. The van der Waals surface area contributed by atoms with Gasteiger partial charge in [0.15, 0.2) is 5.43 Å². The molecular formula is C20H16Cl2N2O6S. The van der Waals surface area contributed by atoms with E-state index in [0.717, 1.165) is 0 Å². The molecule has 1 atom stereocenters. The summed E-state index contributed by atoms with van der Waals surface area (Å²) < 4.78 is 18.5. The van der Waals surface area contributed by atoms with Gasteiger partial charge in [0.05, 0.1) is 22.8 Å². The van der Waals surface area contributed by atoms with Gasteiger partial charge in [-0.15, -0.1) is 11.3 Å². The van der Waals surface area contributed by atoms with Crippen LogP contribution in [0.25, 0.3) is 11.3 Å². The Hall–Kier alpha value is -2.59. The third-order valence-electron chi connectivity index (χ3n) is 4.64. The summed E-state index contributed by atoms with van der Waals surface area (Å²) in [5.74, 6) is -0.496. The second-order valence-electron chi connectivity index (χ2n) is 6.60. The fourth-order valence-corrected chi connectivity index (χ4v) is 4.46. The molecule has 31 heavy (non-hydrogen) atoms. The summed E-state index contributed by atoms with van der Waals surface area (Å²) in [5, 5.41) is 9.95. The molecule has 0 unspecified atom stereocenters. The lowest BCUT2D eigenvalue weighted by atomic mass is 10.1. The number of rotatable bonds is 7. The number of pyridine rings is 1. The van der Waals surface area contributed by atoms with Gasteiger partial charge >= 0.3 is 5.97 Å². The summed E-state index contributed by atoms with van der Waals surface area (Å²) in [6, 6.07) is 4.52. The molecule has 0 aliphatic carbocycles. The highest BCUT2D eigenvalue weighted by Crippen LogP contribution is 2.46. The number of carboxylic acid groups (broad SMARTS) is 1. The Balaban J connectivity index is 1.84. The van der Waals surface area contributed by atoms with Crippen LogP contribution in [0.15, 0.2) is 34.7 Å². The molecule has 4 rings (SSSR count). The third-order valence-corrected chi connectivity index (χ3v) is 6.20. The van der Waals surface area contributed by atoms with Crippen LogP contribution < -0.4 is 14.9 Å². The molecule has 0 bridgehead atoms. The van der Waals surface area contributed by atoms with Crippen molar-refractivity contribution in [1.82, 2.24) is 9.55 Å². The quantitative estimate of drug-likeness (QED) is 0.500. The van der Waals surface area contributed by atoms with Crippen LogP contribution >= 0.6 is 34.5 Å². The van der Waals surface area contributed by atoms with E-state index in [9.17, 15) is 14.7 Å². The average molecular weight is 483 g/mol. The van der Waals surface area contributed by atoms with Gasteiger partial charge < -0.3 is 23.9 Å². The maximum atomic E-state index is 12.4. The monoisotopic (exact) mass is 482 g/mol. The summed E-state index contributed by atoms with van der Waals surface area (Å²) in [5.41, 5.74) is 1.52. The highest BCUT2D eigenvalue weighted by Gasteiger charge is 2.31. The normalized spacial score (nSPS) is 14.5. The fourth-order valence-electron chi connectivity index (χ4n) is 3.21. The first-order chi connectivity index (χ1) is 14.9. The van der Waals surface area contributed by atoms with Crippen molar-refractivity contribution >= 4 is 40.5 Å². The number of carboxylic acids is 1. The molecule has 0 amide bonds. The van der Waals surface area contributed by atoms with Crippen LogP contribution in [0, 0.1) is 0 Å². The van der Waals surface area contributed by atoms with Crippen molar-refractivity contribution in [3.63, 3.8) is 0 Å². The number of nitrogens with zero attached hydrogens (tertiary/aromatic N) is 2. The van der Waals surface area contributed by atoms with Crippen LogP contribution in [-0.4, -0.2) is 41.0 Å². The largest absolute Gasteiger partial charge is 0.492 e. The minimum Gasteiger partial charge on any atom is -0.492 e. The predicted octanol–water partition coefficient (Wildman–Crippen LogP) is 4.33. The summed E-state index contributed by atoms with van der Waals surface area (Å²) >= 11 is 13.9. The van der Waals surface area contributed by atoms with Crippen LogP contribution in [0.4, 0.5) is 0 Å². The van der Waals surface area contributed by atoms with Gasteiger partial charge in [0, 0.05) is 44.0 Å². The third kappa shape index (κ3) is 4.14. The summed E-state index contributed by atoms with van der Waals surface area (Å²) in [6.45, 7) is 0.946. The number of hydrogen-bond donors (Lipinski definition) is 1. The molecule has 1 aromatic carbocycles. The van der Waals surface area contributed by atoms with Crippen molar-refractivity contribution < 1.29 is 24.1 Å². The minimum absolute atomic E-state index is 0.227. The topological polar surface area (TPSA) is 99.9 Å². The molecule has 2 aromatic heterocycles. The molecule has 0 radical (unpaired) electrons. The second-order valence-corrected chi connectivity index (χ2v) is 8.25. The molecule has 1 aliphatic heterocycles. The molecule has 8 nitrogen and oxygen atoms in total. The molecule has 3 heterocycles. The SMILES string of the molecule is COCCCOc1cc2c(cc1Cl)-c1cc(=O)c(C(=O)O)cn1[C@@H](c1scnc1Cl)O2. The number of halogens is 2. The van der Waals surface area contributed by atoms with Gasteiger partial charge in [0.1, 0.15) is 27.1 Å².